The maximum Gasteiger partial charge on any atom is 0.306 e. The quantitative estimate of drug-likeness (QED) is 0.822. The van der Waals surface area contributed by atoms with Crippen molar-refractivity contribution in [1.29, 1.82) is 0 Å². The van der Waals surface area contributed by atoms with E-state index in [1.54, 1.807) is 13.3 Å². The van der Waals surface area contributed by atoms with E-state index in [-0.39, 0.29) is 5.92 Å². The average Bonchev–Trinajstić information content (AvgIpc) is 2.79. The van der Waals surface area contributed by atoms with Gasteiger partial charge in [0.15, 0.2) is 0 Å². The molecule has 2 aliphatic heterocycles. The lowest BCUT2D eigenvalue weighted by Gasteiger charge is -2.36. The number of anilines is 3. The predicted octanol–water partition coefficient (Wildman–Crippen LogP) is 2.11. The number of rotatable bonds is 5. The van der Waals surface area contributed by atoms with Crippen LogP contribution in [0.2, 0.25) is 0 Å². The summed E-state index contributed by atoms with van der Waals surface area (Å²) in [7, 11) is 1.68. The number of nitrogens with zero attached hydrogens (tertiary/aromatic N) is 5. The highest BCUT2D eigenvalue weighted by Gasteiger charge is 2.26. The Morgan fingerprint density at radius 1 is 0.966 bits per heavy atom. The first kappa shape index (κ1) is 19.3. The van der Waals surface area contributed by atoms with Crippen molar-refractivity contribution in [3.8, 4) is 5.75 Å². The topological polar surface area (TPSA) is 82.0 Å². The van der Waals surface area contributed by atoms with Gasteiger partial charge >= 0.3 is 5.97 Å². The zero-order valence-electron chi connectivity index (χ0n) is 16.7. The van der Waals surface area contributed by atoms with Crippen LogP contribution in [0.15, 0.2) is 36.5 Å². The summed E-state index contributed by atoms with van der Waals surface area (Å²) < 4.78 is 5.23. The van der Waals surface area contributed by atoms with Gasteiger partial charge in [-0.15, -0.1) is 0 Å². The van der Waals surface area contributed by atoms with Crippen LogP contribution >= 0.6 is 0 Å². The first-order valence-corrected chi connectivity index (χ1v) is 10.1. The highest BCUT2D eigenvalue weighted by Crippen LogP contribution is 2.25. The first-order chi connectivity index (χ1) is 14.1. The molecular formula is C21H27N5O3. The number of carboxylic acids is 1. The molecule has 2 fully saturated rings. The molecule has 8 nitrogen and oxygen atoms in total. The number of hydrogen-bond donors (Lipinski definition) is 1. The molecule has 0 unspecified atom stereocenters. The van der Waals surface area contributed by atoms with Gasteiger partial charge in [-0.2, -0.15) is 4.98 Å². The fourth-order valence-corrected chi connectivity index (χ4v) is 3.98. The number of piperazine rings is 1. The van der Waals surface area contributed by atoms with Gasteiger partial charge in [0.05, 0.1) is 13.0 Å². The molecular weight excluding hydrogens is 370 g/mol. The Labute approximate surface area is 170 Å². The second-order valence-electron chi connectivity index (χ2n) is 7.49. The summed E-state index contributed by atoms with van der Waals surface area (Å²) in [5.41, 5.74) is 1.20. The molecule has 0 amide bonds. The number of benzene rings is 1. The molecule has 2 aromatic rings. The Morgan fingerprint density at radius 2 is 1.62 bits per heavy atom. The van der Waals surface area contributed by atoms with Crippen molar-refractivity contribution in [1.82, 2.24) is 9.97 Å². The van der Waals surface area contributed by atoms with E-state index in [1.807, 2.05) is 18.2 Å². The van der Waals surface area contributed by atoms with E-state index in [2.05, 4.69) is 31.8 Å². The minimum atomic E-state index is -0.692. The molecule has 0 bridgehead atoms. The van der Waals surface area contributed by atoms with Crippen LogP contribution in [0.3, 0.4) is 0 Å². The summed E-state index contributed by atoms with van der Waals surface area (Å²) in [6, 6.07) is 10.1. The minimum absolute atomic E-state index is 0.237. The second-order valence-corrected chi connectivity index (χ2v) is 7.49. The van der Waals surface area contributed by atoms with Gasteiger partial charge in [-0.05, 0) is 43.2 Å². The summed E-state index contributed by atoms with van der Waals surface area (Å²) in [6.45, 7) is 4.97. The van der Waals surface area contributed by atoms with Gasteiger partial charge in [0.2, 0.25) is 5.95 Å². The molecule has 8 heteroatoms. The van der Waals surface area contributed by atoms with Gasteiger partial charge in [-0.25, -0.2) is 4.98 Å². The normalized spacial score (nSPS) is 18.0. The van der Waals surface area contributed by atoms with Crippen molar-refractivity contribution in [2.45, 2.75) is 12.8 Å². The lowest BCUT2D eigenvalue weighted by molar-refractivity contribution is -0.142. The number of ether oxygens (including phenoxy) is 1. The van der Waals surface area contributed by atoms with E-state index in [9.17, 15) is 9.90 Å². The third-order valence-corrected chi connectivity index (χ3v) is 5.80. The number of hydrogen-bond acceptors (Lipinski definition) is 7. The van der Waals surface area contributed by atoms with Crippen LogP contribution in [0.1, 0.15) is 12.8 Å². The Hall–Kier alpha value is -3.03. The molecule has 1 aromatic heterocycles. The Bertz CT molecular complexity index is 828. The third-order valence-electron chi connectivity index (χ3n) is 5.80. The SMILES string of the molecule is COc1ccc(N2CCN(c3nccc(N4CCC(C(=O)O)CC4)n3)CC2)cc1. The van der Waals surface area contributed by atoms with Crippen LogP contribution in [0.4, 0.5) is 17.5 Å². The Morgan fingerprint density at radius 3 is 2.24 bits per heavy atom. The molecule has 29 heavy (non-hydrogen) atoms. The lowest BCUT2D eigenvalue weighted by Crippen LogP contribution is -2.47. The fourth-order valence-electron chi connectivity index (χ4n) is 3.98. The van der Waals surface area contributed by atoms with E-state index in [0.717, 1.165) is 56.8 Å². The largest absolute Gasteiger partial charge is 0.497 e. The van der Waals surface area contributed by atoms with Gasteiger partial charge in [0, 0.05) is 51.2 Å². The maximum atomic E-state index is 11.2. The highest BCUT2D eigenvalue weighted by atomic mass is 16.5. The van der Waals surface area contributed by atoms with Crippen molar-refractivity contribution in [3.63, 3.8) is 0 Å². The average molecular weight is 397 g/mol. The molecule has 0 atom stereocenters. The molecule has 0 radical (unpaired) electrons. The van der Waals surface area contributed by atoms with Crippen LogP contribution < -0.4 is 19.4 Å². The van der Waals surface area contributed by atoms with Crippen LogP contribution in [0, 0.1) is 5.92 Å². The molecule has 0 spiro atoms. The highest BCUT2D eigenvalue weighted by molar-refractivity contribution is 5.70. The predicted molar refractivity (Wildman–Crippen MR) is 112 cm³/mol. The van der Waals surface area contributed by atoms with Crippen LogP contribution in [0.5, 0.6) is 5.75 Å². The van der Waals surface area contributed by atoms with Crippen LogP contribution in [-0.4, -0.2) is 67.4 Å². The zero-order valence-corrected chi connectivity index (χ0v) is 16.7. The minimum Gasteiger partial charge on any atom is -0.497 e. The molecule has 0 aliphatic carbocycles. The summed E-state index contributed by atoms with van der Waals surface area (Å²) >= 11 is 0. The number of methoxy groups -OCH3 is 1. The van der Waals surface area contributed by atoms with E-state index < -0.39 is 5.97 Å². The number of carboxylic acid groups (broad SMARTS) is 1. The molecule has 4 rings (SSSR count). The summed E-state index contributed by atoms with van der Waals surface area (Å²) in [5, 5.41) is 9.18. The smallest absolute Gasteiger partial charge is 0.306 e. The van der Waals surface area contributed by atoms with Gasteiger partial charge < -0.3 is 24.5 Å². The van der Waals surface area contributed by atoms with Crippen molar-refractivity contribution >= 4 is 23.4 Å². The summed E-state index contributed by atoms with van der Waals surface area (Å²) in [6.07, 6.45) is 3.13. The third kappa shape index (κ3) is 4.36. The van der Waals surface area contributed by atoms with Gasteiger partial charge in [0.25, 0.3) is 0 Å². The zero-order chi connectivity index (χ0) is 20.2. The van der Waals surface area contributed by atoms with Crippen LogP contribution in [-0.2, 0) is 4.79 Å². The number of piperidine rings is 1. The van der Waals surface area contributed by atoms with Crippen LogP contribution in [0.25, 0.3) is 0 Å². The van der Waals surface area contributed by atoms with E-state index >= 15 is 0 Å². The molecule has 2 saturated heterocycles. The van der Waals surface area contributed by atoms with Gasteiger partial charge in [0.1, 0.15) is 11.6 Å². The second kappa shape index (κ2) is 8.55. The standard InChI is InChI=1S/C21H27N5O3/c1-29-18-4-2-17(3-5-18)24-12-14-26(15-13-24)21-22-9-6-19(23-21)25-10-7-16(8-11-25)20(27)28/h2-6,9,16H,7-8,10-15H2,1H3,(H,27,28). The van der Waals surface area contributed by atoms with Crippen molar-refractivity contribution in [2.75, 3.05) is 61.1 Å². The molecule has 154 valence electrons. The molecule has 2 aliphatic rings. The molecule has 3 heterocycles. The Balaban J connectivity index is 1.36. The monoisotopic (exact) mass is 397 g/mol. The van der Waals surface area contributed by atoms with Crippen molar-refractivity contribution < 1.29 is 14.6 Å². The van der Waals surface area contributed by atoms with Crippen molar-refractivity contribution in [3.05, 3.63) is 36.5 Å². The van der Waals surface area contributed by atoms with Gasteiger partial charge in [-0.3, -0.25) is 4.79 Å². The first-order valence-electron chi connectivity index (χ1n) is 10.1. The Kier molecular flexibility index (Phi) is 5.69. The fraction of sp³-hybridized carbons (Fsp3) is 0.476. The summed E-state index contributed by atoms with van der Waals surface area (Å²) in [5.74, 6) is 1.57. The molecule has 1 aromatic carbocycles. The maximum absolute atomic E-state index is 11.2. The number of aliphatic carboxylic acids is 1. The lowest BCUT2D eigenvalue weighted by atomic mass is 9.97. The number of carbonyl (C=O) groups is 1. The molecule has 1 N–H and O–H groups in total. The summed E-state index contributed by atoms with van der Waals surface area (Å²) in [4.78, 5) is 27.1. The van der Waals surface area contributed by atoms with Crippen molar-refractivity contribution in [2.24, 2.45) is 5.92 Å². The molecule has 0 saturated carbocycles. The van der Waals surface area contributed by atoms with E-state index in [1.165, 1.54) is 5.69 Å². The number of aromatic nitrogens is 2. The van der Waals surface area contributed by atoms with E-state index in [4.69, 9.17) is 9.72 Å². The van der Waals surface area contributed by atoms with E-state index in [0.29, 0.717) is 12.8 Å². The van der Waals surface area contributed by atoms with Gasteiger partial charge in [-0.1, -0.05) is 0 Å².